The molecule has 0 aliphatic heterocycles. The summed E-state index contributed by atoms with van der Waals surface area (Å²) >= 11 is 0. The Morgan fingerprint density at radius 2 is 1.84 bits per heavy atom. The number of ether oxygens (including phenoxy) is 2. The third kappa shape index (κ3) is 2.88. The molecule has 0 bridgehead atoms. The van der Waals surface area contributed by atoms with Gasteiger partial charge in [0, 0.05) is 23.0 Å². The third-order valence-electron chi connectivity index (χ3n) is 6.06. The third-order valence-corrected chi connectivity index (χ3v) is 6.06. The summed E-state index contributed by atoms with van der Waals surface area (Å²) in [6, 6.07) is 2.28. The summed E-state index contributed by atoms with van der Waals surface area (Å²) in [5, 5.41) is 0. The van der Waals surface area contributed by atoms with Crippen LogP contribution in [0.5, 0.6) is 11.5 Å². The zero-order valence-corrected chi connectivity index (χ0v) is 16.4. The molecule has 3 nitrogen and oxygen atoms in total. The number of hydrogen-bond donors (Lipinski definition) is 0. The second-order valence-electron chi connectivity index (χ2n) is 8.18. The monoisotopic (exact) mass is 342 g/mol. The molecule has 136 valence electrons. The van der Waals surface area contributed by atoms with Crippen molar-refractivity contribution in [1.82, 2.24) is 0 Å². The maximum atomic E-state index is 12.4. The van der Waals surface area contributed by atoms with Crippen LogP contribution in [0.15, 0.2) is 17.7 Å². The molecule has 25 heavy (non-hydrogen) atoms. The van der Waals surface area contributed by atoms with Crippen molar-refractivity contribution in [2.24, 2.45) is 11.3 Å². The number of benzene rings is 1. The Hall–Kier alpha value is -1.77. The van der Waals surface area contributed by atoms with Gasteiger partial charge in [-0.3, -0.25) is 4.79 Å². The van der Waals surface area contributed by atoms with Crippen molar-refractivity contribution in [3.8, 4) is 11.5 Å². The summed E-state index contributed by atoms with van der Waals surface area (Å²) in [6.07, 6.45) is 5.70. The van der Waals surface area contributed by atoms with E-state index in [1.165, 1.54) is 22.3 Å². The van der Waals surface area contributed by atoms with E-state index in [0.29, 0.717) is 24.0 Å². The van der Waals surface area contributed by atoms with Crippen molar-refractivity contribution in [2.45, 2.75) is 59.3 Å². The van der Waals surface area contributed by atoms with E-state index < -0.39 is 0 Å². The molecule has 1 atom stereocenters. The highest BCUT2D eigenvalue weighted by Gasteiger charge is 2.41. The van der Waals surface area contributed by atoms with E-state index in [-0.39, 0.29) is 5.41 Å². The SMILES string of the molecule is COc1c(C(C)C)cc2c(c1OC)CC1CCC(=O)C(C)(C)C1=CC2. The number of hydrogen-bond acceptors (Lipinski definition) is 3. The van der Waals surface area contributed by atoms with Crippen molar-refractivity contribution < 1.29 is 14.3 Å². The lowest BCUT2D eigenvalue weighted by atomic mass is 9.66. The van der Waals surface area contributed by atoms with Crippen molar-refractivity contribution in [1.29, 1.82) is 0 Å². The van der Waals surface area contributed by atoms with E-state index in [9.17, 15) is 4.79 Å². The highest BCUT2D eigenvalue weighted by molar-refractivity contribution is 5.88. The standard InChI is InChI=1S/C22H30O3/c1-13(2)16-11-14-7-9-18-15(8-10-19(23)22(18,3)4)12-17(14)21(25-6)20(16)24-5/h9,11,13,15H,7-8,10,12H2,1-6H3. The molecule has 3 heteroatoms. The molecule has 1 saturated carbocycles. The Morgan fingerprint density at radius 3 is 2.44 bits per heavy atom. The lowest BCUT2D eigenvalue weighted by Crippen LogP contribution is -2.35. The fourth-order valence-corrected chi connectivity index (χ4v) is 4.56. The summed E-state index contributed by atoms with van der Waals surface area (Å²) in [7, 11) is 3.45. The molecule has 2 aliphatic rings. The lowest BCUT2D eigenvalue weighted by molar-refractivity contribution is -0.127. The van der Waals surface area contributed by atoms with Crippen LogP contribution in [0.4, 0.5) is 0 Å². The van der Waals surface area contributed by atoms with Crippen molar-refractivity contribution >= 4 is 5.78 Å². The van der Waals surface area contributed by atoms with E-state index in [4.69, 9.17) is 9.47 Å². The van der Waals surface area contributed by atoms with Gasteiger partial charge in [0.15, 0.2) is 11.5 Å². The number of ketones is 1. The van der Waals surface area contributed by atoms with E-state index in [2.05, 4.69) is 39.8 Å². The van der Waals surface area contributed by atoms with Gasteiger partial charge in [-0.1, -0.05) is 31.6 Å². The van der Waals surface area contributed by atoms with Gasteiger partial charge in [-0.15, -0.1) is 0 Å². The normalized spacial score (nSPS) is 22.0. The number of fused-ring (bicyclic) bond motifs is 2. The fourth-order valence-electron chi connectivity index (χ4n) is 4.56. The van der Waals surface area contributed by atoms with E-state index >= 15 is 0 Å². The molecular weight excluding hydrogens is 312 g/mol. The van der Waals surface area contributed by atoms with Crippen LogP contribution < -0.4 is 9.47 Å². The first-order valence-electron chi connectivity index (χ1n) is 9.31. The minimum absolute atomic E-state index is 0.344. The highest BCUT2D eigenvalue weighted by atomic mass is 16.5. The molecule has 1 fully saturated rings. The summed E-state index contributed by atoms with van der Waals surface area (Å²) in [6.45, 7) is 8.53. The quantitative estimate of drug-likeness (QED) is 0.736. The van der Waals surface area contributed by atoms with E-state index in [0.717, 1.165) is 30.8 Å². The van der Waals surface area contributed by atoms with Crippen molar-refractivity contribution in [3.05, 3.63) is 34.4 Å². The minimum atomic E-state index is -0.344. The molecule has 3 rings (SSSR count). The zero-order valence-electron chi connectivity index (χ0n) is 16.4. The van der Waals surface area contributed by atoms with Gasteiger partial charge in [0.25, 0.3) is 0 Å². The highest BCUT2D eigenvalue weighted by Crippen LogP contribution is 2.48. The van der Waals surface area contributed by atoms with Gasteiger partial charge in [0.2, 0.25) is 0 Å². The maximum absolute atomic E-state index is 12.4. The molecule has 0 heterocycles. The lowest BCUT2D eigenvalue weighted by Gasteiger charge is -2.37. The smallest absolute Gasteiger partial charge is 0.164 e. The molecular formula is C22H30O3. The second kappa shape index (κ2) is 6.51. The molecule has 1 aromatic rings. The molecule has 0 amide bonds. The molecule has 0 spiro atoms. The van der Waals surface area contributed by atoms with Gasteiger partial charge in [-0.25, -0.2) is 0 Å². The summed E-state index contributed by atoms with van der Waals surface area (Å²) in [4.78, 5) is 12.4. The van der Waals surface area contributed by atoms with Crippen LogP contribution in [0.1, 0.15) is 63.1 Å². The largest absolute Gasteiger partial charge is 0.493 e. The summed E-state index contributed by atoms with van der Waals surface area (Å²) in [5.41, 5.74) is 4.73. The molecule has 1 aromatic carbocycles. The van der Waals surface area contributed by atoms with Gasteiger partial charge < -0.3 is 9.47 Å². The Kier molecular flexibility index (Phi) is 4.70. The van der Waals surface area contributed by atoms with Crippen LogP contribution in [0.2, 0.25) is 0 Å². The first-order chi connectivity index (χ1) is 11.8. The van der Waals surface area contributed by atoms with E-state index in [1.54, 1.807) is 14.2 Å². The van der Waals surface area contributed by atoms with Crippen molar-refractivity contribution in [3.63, 3.8) is 0 Å². The Balaban J connectivity index is 2.14. The van der Waals surface area contributed by atoms with Crippen LogP contribution in [0.3, 0.4) is 0 Å². The molecule has 2 aliphatic carbocycles. The predicted octanol–water partition coefficient (Wildman–Crippen LogP) is 4.86. The molecule has 0 saturated heterocycles. The average molecular weight is 342 g/mol. The second-order valence-corrected chi connectivity index (χ2v) is 8.18. The van der Waals surface area contributed by atoms with Crippen LogP contribution in [-0.4, -0.2) is 20.0 Å². The molecule has 0 N–H and O–H groups in total. The van der Waals surface area contributed by atoms with Gasteiger partial charge in [0.1, 0.15) is 5.78 Å². The predicted molar refractivity (Wildman–Crippen MR) is 101 cm³/mol. The summed E-state index contributed by atoms with van der Waals surface area (Å²) in [5.74, 6) is 2.90. The fraction of sp³-hybridized carbons (Fsp3) is 0.591. The first kappa shape index (κ1) is 18.0. The van der Waals surface area contributed by atoms with Crippen molar-refractivity contribution in [2.75, 3.05) is 14.2 Å². The topological polar surface area (TPSA) is 35.5 Å². The van der Waals surface area contributed by atoms with Gasteiger partial charge in [-0.05, 0) is 50.5 Å². The summed E-state index contributed by atoms with van der Waals surface area (Å²) < 4.78 is 11.6. The number of rotatable bonds is 3. The Labute approximate surface area is 151 Å². The molecule has 1 unspecified atom stereocenters. The number of carbonyl (C=O) groups is 1. The Morgan fingerprint density at radius 1 is 1.16 bits per heavy atom. The minimum Gasteiger partial charge on any atom is -0.493 e. The number of methoxy groups -OCH3 is 2. The number of allylic oxidation sites excluding steroid dienone is 2. The van der Waals surface area contributed by atoms with Crippen LogP contribution >= 0.6 is 0 Å². The van der Waals surface area contributed by atoms with E-state index in [1.807, 2.05) is 0 Å². The zero-order chi connectivity index (χ0) is 18.4. The first-order valence-corrected chi connectivity index (χ1v) is 9.31. The van der Waals surface area contributed by atoms with Gasteiger partial charge >= 0.3 is 0 Å². The maximum Gasteiger partial charge on any atom is 0.164 e. The number of carbonyl (C=O) groups excluding carboxylic acids is 1. The average Bonchev–Trinajstić information content (AvgIpc) is 2.76. The van der Waals surface area contributed by atoms with Gasteiger partial charge in [0.05, 0.1) is 14.2 Å². The van der Waals surface area contributed by atoms with Gasteiger partial charge in [-0.2, -0.15) is 0 Å². The van der Waals surface area contributed by atoms with Crippen LogP contribution in [0, 0.1) is 11.3 Å². The molecule has 0 aromatic heterocycles. The Bertz CT molecular complexity index is 725. The van der Waals surface area contributed by atoms with Crippen LogP contribution in [0.25, 0.3) is 0 Å². The number of Topliss-reactive ketones (excluding diaryl/α,β-unsaturated/α-hetero) is 1. The molecule has 0 radical (unpaired) electrons. The van der Waals surface area contributed by atoms with Crippen LogP contribution in [-0.2, 0) is 17.6 Å².